The number of hydrogen-bond acceptors (Lipinski definition) is 5. The van der Waals surface area contributed by atoms with Gasteiger partial charge in [-0.05, 0) is 19.8 Å². The Hall–Kier alpha value is -2.18. The predicted octanol–water partition coefficient (Wildman–Crippen LogP) is 3.44. The van der Waals surface area contributed by atoms with E-state index in [2.05, 4.69) is 0 Å². The van der Waals surface area contributed by atoms with Crippen molar-refractivity contribution >= 4 is 17.1 Å². The quantitative estimate of drug-likeness (QED) is 0.564. The van der Waals surface area contributed by atoms with E-state index in [9.17, 15) is 20.2 Å². The standard InChI is InChI=1S/C13H19N3O4/c1-4-6-14(7-5-2)11-8-12(15(17)18)10(3)13(9-11)16(19)20/h8-9H,4-7H2,1-3H3. The van der Waals surface area contributed by atoms with Crippen LogP contribution >= 0.6 is 0 Å². The number of nitrogens with zero attached hydrogens (tertiary/aromatic N) is 3. The summed E-state index contributed by atoms with van der Waals surface area (Å²) in [6.07, 6.45) is 1.74. The highest BCUT2D eigenvalue weighted by atomic mass is 16.6. The summed E-state index contributed by atoms with van der Waals surface area (Å²) in [6, 6.07) is 2.85. The van der Waals surface area contributed by atoms with Gasteiger partial charge in [0.05, 0.1) is 15.5 Å². The SMILES string of the molecule is CCCN(CCC)c1cc([N+](=O)[O-])c(C)c([N+](=O)[O-])c1. The van der Waals surface area contributed by atoms with Crippen molar-refractivity contribution in [2.75, 3.05) is 18.0 Å². The topological polar surface area (TPSA) is 89.5 Å². The molecule has 0 saturated carbocycles. The van der Waals surface area contributed by atoms with Crippen molar-refractivity contribution in [2.24, 2.45) is 0 Å². The Bertz CT molecular complexity index is 475. The van der Waals surface area contributed by atoms with Gasteiger partial charge >= 0.3 is 0 Å². The lowest BCUT2D eigenvalue weighted by Crippen LogP contribution is -2.25. The highest BCUT2D eigenvalue weighted by Gasteiger charge is 2.24. The van der Waals surface area contributed by atoms with Crippen molar-refractivity contribution < 1.29 is 9.85 Å². The summed E-state index contributed by atoms with van der Waals surface area (Å²) in [4.78, 5) is 22.9. The van der Waals surface area contributed by atoms with Crippen molar-refractivity contribution in [2.45, 2.75) is 33.6 Å². The molecular formula is C13H19N3O4. The van der Waals surface area contributed by atoms with Crippen molar-refractivity contribution in [3.05, 3.63) is 37.9 Å². The minimum Gasteiger partial charge on any atom is -0.371 e. The molecule has 7 heteroatoms. The van der Waals surface area contributed by atoms with E-state index in [0.29, 0.717) is 18.8 Å². The maximum Gasteiger partial charge on any atom is 0.281 e. The van der Waals surface area contributed by atoms with Crippen LogP contribution in [-0.4, -0.2) is 22.9 Å². The van der Waals surface area contributed by atoms with Crippen LogP contribution in [0, 0.1) is 27.2 Å². The van der Waals surface area contributed by atoms with Crippen molar-refractivity contribution in [3.8, 4) is 0 Å². The lowest BCUT2D eigenvalue weighted by Gasteiger charge is -2.23. The van der Waals surface area contributed by atoms with Crippen molar-refractivity contribution in [3.63, 3.8) is 0 Å². The van der Waals surface area contributed by atoms with E-state index in [1.165, 1.54) is 19.1 Å². The van der Waals surface area contributed by atoms with Gasteiger partial charge in [-0.1, -0.05) is 13.8 Å². The van der Waals surface area contributed by atoms with E-state index in [0.717, 1.165) is 12.8 Å². The number of nitro groups is 2. The third kappa shape index (κ3) is 3.43. The van der Waals surface area contributed by atoms with Crippen molar-refractivity contribution in [1.82, 2.24) is 0 Å². The Morgan fingerprint density at radius 2 is 1.40 bits per heavy atom. The van der Waals surface area contributed by atoms with Gasteiger partial charge in [0.1, 0.15) is 5.56 Å². The van der Waals surface area contributed by atoms with Crippen LogP contribution in [0.3, 0.4) is 0 Å². The van der Waals surface area contributed by atoms with Crippen LogP contribution in [0.25, 0.3) is 0 Å². The smallest absolute Gasteiger partial charge is 0.281 e. The summed E-state index contributed by atoms with van der Waals surface area (Å²) in [5.74, 6) is 0. The van der Waals surface area contributed by atoms with E-state index in [1.54, 1.807) is 0 Å². The van der Waals surface area contributed by atoms with E-state index in [1.807, 2.05) is 18.7 Å². The lowest BCUT2D eigenvalue weighted by molar-refractivity contribution is -0.395. The summed E-state index contributed by atoms with van der Waals surface area (Å²) in [5, 5.41) is 22.1. The Morgan fingerprint density at radius 3 is 1.70 bits per heavy atom. The second-order valence-electron chi connectivity index (χ2n) is 4.61. The Morgan fingerprint density at radius 1 is 1.00 bits per heavy atom. The molecule has 0 bridgehead atoms. The molecule has 0 radical (unpaired) electrons. The molecule has 1 aromatic rings. The largest absolute Gasteiger partial charge is 0.371 e. The molecule has 0 fully saturated rings. The third-order valence-corrected chi connectivity index (χ3v) is 3.08. The van der Waals surface area contributed by atoms with E-state index < -0.39 is 9.85 Å². The summed E-state index contributed by atoms with van der Waals surface area (Å²) >= 11 is 0. The lowest BCUT2D eigenvalue weighted by atomic mass is 10.1. The number of nitro benzene ring substituents is 2. The molecule has 0 atom stereocenters. The van der Waals surface area contributed by atoms with Crippen LogP contribution in [0.4, 0.5) is 17.1 Å². The third-order valence-electron chi connectivity index (χ3n) is 3.08. The van der Waals surface area contributed by atoms with Gasteiger partial charge < -0.3 is 4.90 Å². The number of benzene rings is 1. The predicted molar refractivity (Wildman–Crippen MR) is 77.3 cm³/mol. The molecule has 7 nitrogen and oxygen atoms in total. The molecule has 0 N–H and O–H groups in total. The zero-order chi connectivity index (χ0) is 15.3. The number of rotatable bonds is 7. The van der Waals surface area contributed by atoms with E-state index in [-0.39, 0.29) is 16.9 Å². The number of hydrogen-bond donors (Lipinski definition) is 0. The summed E-state index contributed by atoms with van der Waals surface area (Å²) in [6.45, 7) is 6.83. The molecule has 1 aromatic carbocycles. The molecule has 0 aromatic heterocycles. The second kappa shape index (κ2) is 6.83. The van der Waals surface area contributed by atoms with Gasteiger partial charge in [0, 0.05) is 25.2 Å². The van der Waals surface area contributed by atoms with Crippen LogP contribution in [-0.2, 0) is 0 Å². The highest BCUT2D eigenvalue weighted by Crippen LogP contribution is 2.33. The van der Waals surface area contributed by atoms with Crippen LogP contribution < -0.4 is 4.90 Å². The fourth-order valence-corrected chi connectivity index (χ4v) is 2.14. The first-order valence-electron chi connectivity index (χ1n) is 6.60. The van der Waals surface area contributed by atoms with Gasteiger partial charge in [0.2, 0.25) is 0 Å². The Labute approximate surface area is 117 Å². The fraction of sp³-hybridized carbons (Fsp3) is 0.538. The summed E-state index contributed by atoms with van der Waals surface area (Å²) < 4.78 is 0. The van der Waals surface area contributed by atoms with Crippen LogP contribution in [0.15, 0.2) is 12.1 Å². The molecule has 0 unspecified atom stereocenters. The van der Waals surface area contributed by atoms with Crippen molar-refractivity contribution in [1.29, 1.82) is 0 Å². The Kier molecular flexibility index (Phi) is 5.42. The molecular weight excluding hydrogens is 262 g/mol. The summed E-state index contributed by atoms with van der Waals surface area (Å²) in [5.41, 5.74) is 0.229. The zero-order valence-corrected chi connectivity index (χ0v) is 12.0. The highest BCUT2D eigenvalue weighted by molar-refractivity contribution is 5.65. The maximum atomic E-state index is 11.1. The molecule has 0 saturated heterocycles. The molecule has 0 aliphatic carbocycles. The average Bonchev–Trinajstić information content (AvgIpc) is 2.38. The normalized spacial score (nSPS) is 10.3. The first kappa shape index (κ1) is 15.9. The molecule has 0 aliphatic heterocycles. The molecule has 1 rings (SSSR count). The summed E-state index contributed by atoms with van der Waals surface area (Å²) in [7, 11) is 0. The van der Waals surface area contributed by atoms with Gasteiger partial charge in [0.25, 0.3) is 11.4 Å². The number of anilines is 1. The van der Waals surface area contributed by atoms with Gasteiger partial charge in [0.15, 0.2) is 0 Å². The van der Waals surface area contributed by atoms with Gasteiger partial charge in [-0.25, -0.2) is 0 Å². The molecule has 110 valence electrons. The van der Waals surface area contributed by atoms with E-state index in [4.69, 9.17) is 0 Å². The molecule has 20 heavy (non-hydrogen) atoms. The molecule has 0 amide bonds. The first-order chi connectivity index (χ1) is 9.42. The average molecular weight is 281 g/mol. The maximum absolute atomic E-state index is 11.1. The minimum atomic E-state index is -0.568. The minimum absolute atomic E-state index is 0.0942. The fourth-order valence-electron chi connectivity index (χ4n) is 2.14. The van der Waals surface area contributed by atoms with Gasteiger partial charge in [-0.15, -0.1) is 0 Å². The van der Waals surface area contributed by atoms with Crippen LogP contribution in [0.1, 0.15) is 32.3 Å². The first-order valence-corrected chi connectivity index (χ1v) is 6.60. The monoisotopic (exact) mass is 281 g/mol. The van der Waals surface area contributed by atoms with Gasteiger partial charge in [-0.2, -0.15) is 0 Å². The van der Waals surface area contributed by atoms with Crippen LogP contribution in [0.2, 0.25) is 0 Å². The van der Waals surface area contributed by atoms with E-state index >= 15 is 0 Å². The molecule has 0 aliphatic rings. The molecule has 0 heterocycles. The second-order valence-corrected chi connectivity index (χ2v) is 4.61. The molecule has 0 spiro atoms. The van der Waals surface area contributed by atoms with Gasteiger partial charge in [-0.3, -0.25) is 20.2 Å². The van der Waals surface area contributed by atoms with Crippen LogP contribution in [0.5, 0.6) is 0 Å². The zero-order valence-electron chi connectivity index (χ0n) is 12.0. The Balaban J connectivity index is 3.38.